The van der Waals surface area contributed by atoms with Gasteiger partial charge in [-0.1, -0.05) is 0 Å². The Bertz CT molecular complexity index is 497. The number of rotatable bonds is 5. The highest BCUT2D eigenvalue weighted by Gasteiger charge is 2.26. The van der Waals surface area contributed by atoms with E-state index >= 15 is 0 Å². The predicted molar refractivity (Wildman–Crippen MR) is 69.5 cm³/mol. The van der Waals surface area contributed by atoms with E-state index in [4.69, 9.17) is 5.11 Å². The van der Waals surface area contributed by atoms with Crippen molar-refractivity contribution >= 4 is 11.9 Å². The van der Waals surface area contributed by atoms with Gasteiger partial charge >= 0.3 is 5.97 Å². The first-order chi connectivity index (χ1) is 8.74. The zero-order valence-electron chi connectivity index (χ0n) is 11.3. The summed E-state index contributed by atoms with van der Waals surface area (Å²) in [5.41, 5.74) is -0.114. The zero-order chi connectivity index (χ0) is 14.6. The van der Waals surface area contributed by atoms with Gasteiger partial charge in [0.05, 0.1) is 5.41 Å². The summed E-state index contributed by atoms with van der Waals surface area (Å²) in [7, 11) is 0. The lowest BCUT2D eigenvalue weighted by atomic mass is 9.90. The second-order valence-electron chi connectivity index (χ2n) is 5.16. The SMILES string of the molecule is Cc1cc(C(=O)NCCC(C)(C)C(=O)O)ccc1F. The number of amides is 1. The van der Waals surface area contributed by atoms with Crippen molar-refractivity contribution in [3.05, 3.63) is 35.1 Å². The number of aliphatic carboxylic acids is 1. The Balaban J connectivity index is 2.57. The van der Waals surface area contributed by atoms with E-state index in [0.717, 1.165) is 0 Å². The molecule has 0 aliphatic heterocycles. The number of halogens is 1. The first-order valence-electron chi connectivity index (χ1n) is 6.02. The summed E-state index contributed by atoms with van der Waals surface area (Å²) in [5.74, 6) is -1.59. The van der Waals surface area contributed by atoms with Gasteiger partial charge in [-0.25, -0.2) is 4.39 Å². The summed E-state index contributed by atoms with van der Waals surface area (Å²) in [6.45, 7) is 5.04. The Morgan fingerprint density at radius 3 is 2.53 bits per heavy atom. The van der Waals surface area contributed by atoms with Crippen molar-refractivity contribution < 1.29 is 19.1 Å². The highest BCUT2D eigenvalue weighted by molar-refractivity contribution is 5.94. The second-order valence-corrected chi connectivity index (χ2v) is 5.16. The maximum Gasteiger partial charge on any atom is 0.309 e. The largest absolute Gasteiger partial charge is 0.481 e. The summed E-state index contributed by atoms with van der Waals surface area (Å²) < 4.78 is 13.1. The van der Waals surface area contributed by atoms with Crippen LogP contribution in [-0.2, 0) is 4.79 Å². The van der Waals surface area contributed by atoms with Crippen molar-refractivity contribution in [1.29, 1.82) is 0 Å². The Hall–Kier alpha value is -1.91. The maximum atomic E-state index is 13.1. The Kier molecular flexibility index (Phi) is 4.64. The minimum atomic E-state index is -0.903. The normalized spacial score (nSPS) is 11.2. The number of carboxylic acid groups (broad SMARTS) is 1. The molecule has 0 aliphatic carbocycles. The summed E-state index contributed by atoms with van der Waals surface area (Å²) in [5, 5.41) is 11.6. The molecule has 104 valence electrons. The summed E-state index contributed by atoms with van der Waals surface area (Å²) in [4.78, 5) is 22.7. The van der Waals surface area contributed by atoms with E-state index in [-0.39, 0.29) is 18.3 Å². The molecule has 0 bridgehead atoms. The summed E-state index contributed by atoms with van der Waals surface area (Å²) in [6.07, 6.45) is 0.328. The first kappa shape index (κ1) is 15.1. The van der Waals surface area contributed by atoms with Gasteiger partial charge in [0, 0.05) is 12.1 Å². The van der Waals surface area contributed by atoms with E-state index in [2.05, 4.69) is 5.32 Å². The molecular weight excluding hydrogens is 249 g/mol. The zero-order valence-corrected chi connectivity index (χ0v) is 11.3. The molecule has 0 heterocycles. The number of carbonyl (C=O) groups is 2. The van der Waals surface area contributed by atoms with Crippen LogP contribution >= 0.6 is 0 Å². The van der Waals surface area contributed by atoms with Crippen LogP contribution in [0.2, 0.25) is 0 Å². The molecule has 0 unspecified atom stereocenters. The van der Waals surface area contributed by atoms with Crippen molar-refractivity contribution in [2.24, 2.45) is 5.41 Å². The quantitative estimate of drug-likeness (QED) is 0.860. The van der Waals surface area contributed by atoms with Gasteiger partial charge in [0.2, 0.25) is 0 Å². The van der Waals surface area contributed by atoms with Crippen molar-refractivity contribution in [3.8, 4) is 0 Å². The number of aryl methyl sites for hydroxylation is 1. The third-order valence-electron chi connectivity index (χ3n) is 3.03. The van der Waals surface area contributed by atoms with Gasteiger partial charge in [-0.15, -0.1) is 0 Å². The molecule has 0 fully saturated rings. The Morgan fingerprint density at radius 2 is 2.00 bits per heavy atom. The van der Waals surface area contributed by atoms with E-state index < -0.39 is 11.4 Å². The predicted octanol–water partition coefficient (Wildman–Crippen LogP) is 2.36. The van der Waals surface area contributed by atoms with Crippen LogP contribution in [0.4, 0.5) is 4.39 Å². The van der Waals surface area contributed by atoms with Gasteiger partial charge in [-0.2, -0.15) is 0 Å². The van der Waals surface area contributed by atoms with Crippen LogP contribution < -0.4 is 5.32 Å². The smallest absolute Gasteiger partial charge is 0.309 e. The van der Waals surface area contributed by atoms with Gasteiger partial charge in [0.25, 0.3) is 5.91 Å². The van der Waals surface area contributed by atoms with Gasteiger partial charge < -0.3 is 10.4 Å². The molecule has 5 heteroatoms. The van der Waals surface area contributed by atoms with Crippen LogP contribution in [0.1, 0.15) is 36.2 Å². The summed E-state index contributed by atoms with van der Waals surface area (Å²) in [6, 6.07) is 4.11. The molecular formula is C14H18FNO3. The molecule has 0 saturated carbocycles. The summed E-state index contributed by atoms with van der Waals surface area (Å²) >= 11 is 0. The number of carboxylic acids is 1. The topological polar surface area (TPSA) is 66.4 Å². The number of carbonyl (C=O) groups excluding carboxylic acids is 1. The van der Waals surface area contributed by atoms with E-state index in [0.29, 0.717) is 17.5 Å². The lowest BCUT2D eigenvalue weighted by Gasteiger charge is -2.18. The molecule has 2 N–H and O–H groups in total. The third-order valence-corrected chi connectivity index (χ3v) is 3.03. The van der Waals surface area contributed by atoms with E-state index in [9.17, 15) is 14.0 Å². The van der Waals surface area contributed by atoms with Gasteiger partial charge in [0.1, 0.15) is 5.82 Å². The van der Waals surface area contributed by atoms with Crippen LogP contribution in [0.25, 0.3) is 0 Å². The number of hydrogen-bond donors (Lipinski definition) is 2. The highest BCUT2D eigenvalue weighted by Crippen LogP contribution is 2.19. The second kappa shape index (κ2) is 5.82. The van der Waals surface area contributed by atoms with E-state index in [1.807, 2.05) is 0 Å². The van der Waals surface area contributed by atoms with Crippen LogP contribution in [0.5, 0.6) is 0 Å². The number of nitrogens with one attached hydrogen (secondary N) is 1. The lowest BCUT2D eigenvalue weighted by molar-refractivity contribution is -0.147. The standard InChI is InChI=1S/C14H18FNO3/c1-9-8-10(4-5-11(9)15)12(17)16-7-6-14(2,3)13(18)19/h4-5,8H,6-7H2,1-3H3,(H,16,17)(H,18,19). The molecule has 19 heavy (non-hydrogen) atoms. The molecule has 1 rings (SSSR count). The average molecular weight is 267 g/mol. The van der Waals surface area contributed by atoms with Gasteiger partial charge in [0.15, 0.2) is 0 Å². The first-order valence-corrected chi connectivity index (χ1v) is 6.02. The molecule has 0 radical (unpaired) electrons. The molecule has 1 aromatic rings. The lowest BCUT2D eigenvalue weighted by Crippen LogP contribution is -2.32. The van der Waals surface area contributed by atoms with E-state index in [1.54, 1.807) is 20.8 Å². The van der Waals surface area contributed by atoms with Crippen molar-refractivity contribution in [1.82, 2.24) is 5.32 Å². The van der Waals surface area contributed by atoms with Crippen molar-refractivity contribution in [2.75, 3.05) is 6.54 Å². The monoisotopic (exact) mass is 267 g/mol. The van der Waals surface area contributed by atoms with Crippen LogP contribution in [0, 0.1) is 18.2 Å². The van der Waals surface area contributed by atoms with Crippen molar-refractivity contribution in [2.45, 2.75) is 27.2 Å². The van der Waals surface area contributed by atoms with Crippen LogP contribution in [0.15, 0.2) is 18.2 Å². The minimum absolute atomic E-state index is 0.258. The van der Waals surface area contributed by atoms with E-state index in [1.165, 1.54) is 18.2 Å². The molecule has 0 atom stereocenters. The number of benzene rings is 1. The maximum absolute atomic E-state index is 13.1. The van der Waals surface area contributed by atoms with Gasteiger partial charge in [-0.3, -0.25) is 9.59 Å². The van der Waals surface area contributed by atoms with Crippen LogP contribution in [-0.4, -0.2) is 23.5 Å². The fraction of sp³-hybridized carbons (Fsp3) is 0.429. The molecule has 0 spiro atoms. The number of hydrogen-bond acceptors (Lipinski definition) is 2. The third kappa shape index (κ3) is 4.05. The molecule has 4 nitrogen and oxygen atoms in total. The minimum Gasteiger partial charge on any atom is -0.481 e. The Labute approximate surface area is 111 Å². The molecule has 0 aromatic heterocycles. The highest BCUT2D eigenvalue weighted by atomic mass is 19.1. The van der Waals surface area contributed by atoms with Crippen LogP contribution in [0.3, 0.4) is 0 Å². The average Bonchev–Trinajstić information content (AvgIpc) is 2.32. The molecule has 1 aromatic carbocycles. The fourth-order valence-electron chi connectivity index (χ4n) is 1.48. The molecule has 0 saturated heterocycles. The molecule has 1 amide bonds. The Morgan fingerprint density at radius 1 is 1.37 bits per heavy atom. The van der Waals surface area contributed by atoms with Crippen molar-refractivity contribution in [3.63, 3.8) is 0 Å². The fourth-order valence-corrected chi connectivity index (χ4v) is 1.48. The molecule has 0 aliphatic rings. The van der Waals surface area contributed by atoms with Gasteiger partial charge in [-0.05, 0) is 51.0 Å².